The minimum absolute atomic E-state index is 0.105. The van der Waals surface area contributed by atoms with Crippen molar-refractivity contribution in [2.75, 3.05) is 13.1 Å². The van der Waals surface area contributed by atoms with Crippen LogP contribution >= 0.6 is 11.6 Å². The number of amides is 1. The van der Waals surface area contributed by atoms with Gasteiger partial charge in [0.05, 0.1) is 28.4 Å². The van der Waals surface area contributed by atoms with E-state index < -0.39 is 5.82 Å². The van der Waals surface area contributed by atoms with Gasteiger partial charge in [-0.05, 0) is 47.0 Å². The fourth-order valence-electron chi connectivity index (χ4n) is 4.50. The molecule has 9 heteroatoms. The second kappa shape index (κ2) is 10.3. The van der Waals surface area contributed by atoms with Crippen molar-refractivity contribution in [2.45, 2.75) is 19.5 Å². The molecule has 0 fully saturated rings. The fourth-order valence-corrected chi connectivity index (χ4v) is 4.62. The number of benzene rings is 2. The smallest absolute Gasteiger partial charge is 0.326 e. The Kier molecular flexibility index (Phi) is 6.76. The van der Waals surface area contributed by atoms with Gasteiger partial charge in [0.25, 0.3) is 0 Å². The number of hydrogen-bond acceptors (Lipinski definition) is 5. The summed E-state index contributed by atoms with van der Waals surface area (Å²) in [5.74, 6) is -0.440. The zero-order chi connectivity index (χ0) is 25.1. The van der Waals surface area contributed by atoms with Crippen LogP contribution in [-0.2, 0) is 19.5 Å². The summed E-state index contributed by atoms with van der Waals surface area (Å²) in [5, 5.41) is 21.1. The first-order valence-electron chi connectivity index (χ1n) is 11.5. The molecule has 5 rings (SSSR count). The van der Waals surface area contributed by atoms with Crippen molar-refractivity contribution in [3.05, 3.63) is 99.7 Å². The van der Waals surface area contributed by atoms with E-state index in [-0.39, 0.29) is 11.1 Å². The summed E-state index contributed by atoms with van der Waals surface area (Å²) >= 11 is 5.77. The van der Waals surface area contributed by atoms with Gasteiger partial charge in [-0.3, -0.25) is 9.47 Å². The third-order valence-corrected chi connectivity index (χ3v) is 6.57. The quantitative estimate of drug-likeness (QED) is 0.420. The molecule has 4 aromatic rings. The molecule has 180 valence electrons. The number of aromatic nitrogens is 3. The highest BCUT2D eigenvalue weighted by Gasteiger charge is 2.26. The molecule has 0 bridgehead atoms. The van der Waals surface area contributed by atoms with E-state index in [1.54, 1.807) is 47.3 Å². The summed E-state index contributed by atoms with van der Waals surface area (Å²) in [7, 11) is 0. The molecule has 0 spiro atoms. The molecular weight excluding hydrogens is 479 g/mol. The summed E-state index contributed by atoms with van der Waals surface area (Å²) in [6.45, 7) is 2.41. The summed E-state index contributed by atoms with van der Waals surface area (Å²) in [5.41, 5.74) is 4.84. The Morgan fingerprint density at radius 3 is 2.89 bits per heavy atom. The lowest BCUT2D eigenvalue weighted by atomic mass is 10.0. The molecule has 1 aliphatic heterocycles. The third kappa shape index (κ3) is 4.85. The standard InChI is InChI=1S/C27H22ClFN6O/c28-23-6-4-18(12-24(23)29)2-1-10-34-11-8-25-22(17-34)21-5-3-19(14-30)13-26(21)35(25)27(36)31-15-20-7-9-32-33-16-20/h1-7,9,12-13,16H,8,10-11,15,17H2,(H,31,36). The SMILES string of the molecule is N#Cc1ccc2c3c(n(C(=O)NCc4ccnnc4)c2c1)CCN(CC=Cc1ccc(Cl)c(F)c1)C3. The maximum atomic E-state index is 13.7. The van der Waals surface area contributed by atoms with Gasteiger partial charge in [-0.15, -0.1) is 0 Å². The Morgan fingerprint density at radius 1 is 1.22 bits per heavy atom. The average Bonchev–Trinajstić information content (AvgIpc) is 3.23. The van der Waals surface area contributed by atoms with Crippen LogP contribution in [0.5, 0.6) is 0 Å². The monoisotopic (exact) mass is 500 g/mol. The second-order valence-corrected chi connectivity index (χ2v) is 8.98. The van der Waals surface area contributed by atoms with Gasteiger partial charge in [0, 0.05) is 49.9 Å². The van der Waals surface area contributed by atoms with Crippen molar-refractivity contribution in [3.63, 3.8) is 0 Å². The van der Waals surface area contributed by atoms with Gasteiger partial charge in [0.1, 0.15) is 5.82 Å². The molecule has 0 atom stereocenters. The van der Waals surface area contributed by atoms with Crippen LogP contribution in [0.2, 0.25) is 5.02 Å². The normalized spacial score (nSPS) is 13.6. The number of hydrogen-bond donors (Lipinski definition) is 1. The van der Waals surface area contributed by atoms with Crippen LogP contribution in [0.25, 0.3) is 17.0 Å². The number of halogens is 2. The number of carbonyl (C=O) groups is 1. The van der Waals surface area contributed by atoms with Gasteiger partial charge in [0.15, 0.2) is 0 Å². The van der Waals surface area contributed by atoms with Gasteiger partial charge in [-0.1, -0.05) is 35.9 Å². The van der Waals surface area contributed by atoms with Crippen LogP contribution in [0, 0.1) is 17.1 Å². The van der Waals surface area contributed by atoms with E-state index in [1.165, 1.54) is 6.07 Å². The van der Waals surface area contributed by atoms with Crippen LogP contribution in [0.4, 0.5) is 9.18 Å². The number of fused-ring (bicyclic) bond motifs is 3. The maximum Gasteiger partial charge on any atom is 0.326 e. The summed E-state index contributed by atoms with van der Waals surface area (Å²) in [6.07, 6.45) is 7.75. The molecular formula is C27H22ClFN6O. The topological polar surface area (TPSA) is 86.8 Å². The molecule has 2 aromatic carbocycles. The van der Waals surface area contributed by atoms with Crippen LogP contribution < -0.4 is 5.32 Å². The van der Waals surface area contributed by atoms with Gasteiger partial charge in [0.2, 0.25) is 0 Å². The number of nitrogens with zero attached hydrogens (tertiary/aromatic N) is 5. The zero-order valence-electron chi connectivity index (χ0n) is 19.3. The summed E-state index contributed by atoms with van der Waals surface area (Å²) in [4.78, 5) is 15.6. The minimum atomic E-state index is -0.440. The molecule has 0 saturated heterocycles. The number of nitriles is 1. The first-order valence-corrected chi connectivity index (χ1v) is 11.9. The molecule has 3 heterocycles. The molecule has 1 N–H and O–H groups in total. The highest BCUT2D eigenvalue weighted by Crippen LogP contribution is 2.31. The first kappa shape index (κ1) is 23.7. The molecule has 0 saturated carbocycles. The van der Waals surface area contributed by atoms with Crippen molar-refractivity contribution in [3.8, 4) is 6.07 Å². The highest BCUT2D eigenvalue weighted by atomic mass is 35.5. The molecule has 2 aromatic heterocycles. The minimum Gasteiger partial charge on any atom is -0.333 e. The van der Waals surface area contributed by atoms with Crippen LogP contribution in [0.15, 0.2) is 60.9 Å². The van der Waals surface area contributed by atoms with Crippen molar-refractivity contribution in [2.24, 2.45) is 0 Å². The van der Waals surface area contributed by atoms with Crippen molar-refractivity contribution >= 4 is 34.6 Å². The predicted molar refractivity (Wildman–Crippen MR) is 136 cm³/mol. The van der Waals surface area contributed by atoms with Gasteiger partial charge < -0.3 is 5.32 Å². The van der Waals surface area contributed by atoms with Crippen LogP contribution in [0.1, 0.15) is 27.9 Å². The lowest BCUT2D eigenvalue weighted by Gasteiger charge is -2.27. The van der Waals surface area contributed by atoms with E-state index >= 15 is 0 Å². The van der Waals surface area contributed by atoms with Gasteiger partial charge >= 0.3 is 6.03 Å². The summed E-state index contributed by atoms with van der Waals surface area (Å²) < 4.78 is 15.4. The molecule has 7 nitrogen and oxygen atoms in total. The van der Waals surface area contributed by atoms with Crippen molar-refractivity contribution in [1.29, 1.82) is 5.26 Å². The molecule has 36 heavy (non-hydrogen) atoms. The van der Waals surface area contributed by atoms with E-state index in [9.17, 15) is 14.4 Å². The third-order valence-electron chi connectivity index (χ3n) is 6.27. The Balaban J connectivity index is 1.39. The highest BCUT2D eigenvalue weighted by molar-refractivity contribution is 6.30. The average molecular weight is 501 g/mol. The van der Waals surface area contributed by atoms with Crippen LogP contribution in [0.3, 0.4) is 0 Å². The largest absolute Gasteiger partial charge is 0.333 e. The van der Waals surface area contributed by atoms with Gasteiger partial charge in [-0.2, -0.15) is 15.5 Å². The van der Waals surface area contributed by atoms with Gasteiger partial charge in [-0.25, -0.2) is 9.18 Å². The zero-order valence-corrected chi connectivity index (χ0v) is 20.0. The number of nitrogens with one attached hydrogen (secondary N) is 1. The molecule has 0 unspecified atom stereocenters. The van der Waals surface area contributed by atoms with E-state index in [2.05, 4.69) is 26.5 Å². The van der Waals surface area contributed by atoms with E-state index in [0.717, 1.165) is 39.8 Å². The molecule has 1 amide bonds. The Hall–Kier alpha value is -4.06. The predicted octanol–water partition coefficient (Wildman–Crippen LogP) is 4.92. The van der Waals surface area contributed by atoms with Crippen LogP contribution in [-0.4, -0.2) is 38.8 Å². The van der Waals surface area contributed by atoms with Crippen molar-refractivity contribution < 1.29 is 9.18 Å². The van der Waals surface area contributed by atoms with E-state index in [1.807, 2.05) is 18.2 Å². The molecule has 1 aliphatic rings. The Labute approximate surface area is 212 Å². The summed E-state index contributed by atoms with van der Waals surface area (Å²) in [6, 6.07) is 13.9. The molecule has 0 aliphatic carbocycles. The van der Waals surface area contributed by atoms with E-state index in [4.69, 9.17) is 11.6 Å². The fraction of sp³-hybridized carbons (Fsp3) is 0.185. The first-order chi connectivity index (χ1) is 17.5. The second-order valence-electron chi connectivity index (χ2n) is 8.57. The lowest BCUT2D eigenvalue weighted by molar-refractivity contribution is 0.240. The Morgan fingerprint density at radius 2 is 2.11 bits per heavy atom. The number of rotatable bonds is 5. The van der Waals surface area contributed by atoms with Crippen molar-refractivity contribution in [1.82, 2.24) is 25.0 Å². The molecule has 0 radical (unpaired) electrons. The van der Waals surface area contributed by atoms with E-state index in [0.29, 0.717) is 31.6 Å². The lowest BCUT2D eigenvalue weighted by Crippen LogP contribution is -2.34. The number of carbonyl (C=O) groups excluding carboxylic acids is 1. The maximum absolute atomic E-state index is 13.7. The Bertz CT molecular complexity index is 1510.